The molecule has 0 radical (unpaired) electrons. The predicted octanol–water partition coefficient (Wildman–Crippen LogP) is -0.714. The Hall–Kier alpha value is 0.916. The molecule has 1 rings (SSSR count). The average Bonchev–Trinajstić information content (AvgIpc) is 1.86. The van der Waals surface area contributed by atoms with Gasteiger partial charge in [-0.05, 0) is 4.60 Å². The van der Waals surface area contributed by atoms with E-state index in [2.05, 4.69) is 27.0 Å². The molecule has 1 aromatic rings. The zero-order valence-corrected chi connectivity index (χ0v) is 11.4. The fourth-order valence-electron chi connectivity index (χ4n) is 0.514. The Bertz CT molecular complexity index is 268. The van der Waals surface area contributed by atoms with Crippen LogP contribution in [0.1, 0.15) is 5.69 Å². The van der Waals surface area contributed by atoms with Gasteiger partial charge in [-0.2, -0.15) is 19.2 Å². The third kappa shape index (κ3) is 5.38. The van der Waals surface area contributed by atoms with Crippen LogP contribution in [0.15, 0.2) is 16.7 Å². The SMILES string of the molecule is FC(F)(F)c1c[c-]cc(Br)n1.[I-].[Mg+2]. The molecule has 0 fully saturated rings. The molecule has 7 heteroatoms. The van der Waals surface area contributed by atoms with Crippen LogP contribution >= 0.6 is 15.9 Å². The summed E-state index contributed by atoms with van der Waals surface area (Å²) in [5, 5.41) is 0. The van der Waals surface area contributed by atoms with Crippen molar-refractivity contribution in [2.24, 2.45) is 0 Å². The van der Waals surface area contributed by atoms with E-state index in [9.17, 15) is 13.2 Å². The van der Waals surface area contributed by atoms with Gasteiger partial charge in [-0.25, -0.2) is 0 Å². The molecule has 13 heavy (non-hydrogen) atoms. The van der Waals surface area contributed by atoms with Crippen LogP contribution in [0.2, 0.25) is 0 Å². The van der Waals surface area contributed by atoms with Crippen LogP contribution in [0.25, 0.3) is 0 Å². The second-order valence-electron chi connectivity index (χ2n) is 1.77. The van der Waals surface area contributed by atoms with Crippen molar-refractivity contribution in [2.45, 2.75) is 6.18 Å². The molecule has 0 atom stereocenters. The third-order valence-corrected chi connectivity index (χ3v) is 1.35. The largest absolute Gasteiger partial charge is 2.00 e. The van der Waals surface area contributed by atoms with Crippen LogP contribution in [0.5, 0.6) is 0 Å². The van der Waals surface area contributed by atoms with Crippen LogP contribution < -0.4 is 24.0 Å². The minimum absolute atomic E-state index is 0. The number of hydrogen-bond donors (Lipinski definition) is 0. The molecular weight excluding hydrogens is 374 g/mol. The van der Waals surface area contributed by atoms with E-state index in [1.807, 2.05) is 0 Å². The average molecular weight is 376 g/mol. The van der Waals surface area contributed by atoms with Crippen molar-refractivity contribution >= 4 is 39.0 Å². The van der Waals surface area contributed by atoms with Crippen molar-refractivity contribution in [1.82, 2.24) is 4.98 Å². The third-order valence-electron chi connectivity index (χ3n) is 0.940. The summed E-state index contributed by atoms with van der Waals surface area (Å²) in [6, 6.07) is 4.42. The van der Waals surface area contributed by atoms with Gasteiger partial charge in [0.15, 0.2) is 0 Å². The Morgan fingerprint density at radius 3 is 2.15 bits per heavy atom. The van der Waals surface area contributed by atoms with E-state index in [1.54, 1.807) is 0 Å². The van der Waals surface area contributed by atoms with Gasteiger partial charge < -0.3 is 29.0 Å². The van der Waals surface area contributed by atoms with E-state index in [4.69, 9.17) is 0 Å². The van der Waals surface area contributed by atoms with Crippen LogP contribution in [0.4, 0.5) is 13.2 Å². The van der Waals surface area contributed by atoms with E-state index in [0.717, 1.165) is 6.07 Å². The number of rotatable bonds is 0. The summed E-state index contributed by atoms with van der Waals surface area (Å²) in [7, 11) is 0. The molecule has 1 nitrogen and oxygen atoms in total. The summed E-state index contributed by atoms with van der Waals surface area (Å²) in [5.74, 6) is 0. The predicted molar refractivity (Wildman–Crippen MR) is 41.5 cm³/mol. The van der Waals surface area contributed by atoms with Gasteiger partial charge >= 0.3 is 29.2 Å². The Kier molecular flexibility index (Phi) is 8.06. The fourth-order valence-corrected chi connectivity index (χ4v) is 0.837. The van der Waals surface area contributed by atoms with Crippen LogP contribution in [-0.4, -0.2) is 28.0 Å². The second kappa shape index (κ2) is 6.41. The zero-order chi connectivity index (χ0) is 8.48. The Morgan fingerprint density at radius 2 is 1.85 bits per heavy atom. The zero-order valence-electron chi connectivity index (χ0n) is 6.20. The summed E-state index contributed by atoms with van der Waals surface area (Å²) in [5.41, 5.74) is -0.938. The number of aromatic nitrogens is 1. The van der Waals surface area contributed by atoms with Crippen LogP contribution in [0.3, 0.4) is 0 Å². The number of halogens is 5. The molecule has 1 heterocycles. The first-order valence-corrected chi connectivity index (χ1v) is 3.40. The van der Waals surface area contributed by atoms with Gasteiger partial charge in [0.2, 0.25) is 0 Å². The van der Waals surface area contributed by atoms with Crippen LogP contribution in [0, 0.1) is 6.07 Å². The van der Waals surface area contributed by atoms with E-state index in [-0.39, 0.29) is 51.6 Å². The molecule has 0 saturated heterocycles. The van der Waals surface area contributed by atoms with Gasteiger partial charge in [0, 0.05) is 5.69 Å². The van der Waals surface area contributed by atoms with Gasteiger partial charge in [-0.3, -0.25) is 0 Å². The monoisotopic (exact) mass is 375 g/mol. The molecule has 0 aliphatic heterocycles. The molecule has 0 unspecified atom stereocenters. The molecule has 0 bridgehead atoms. The fraction of sp³-hybridized carbons (Fsp3) is 0.167. The summed E-state index contributed by atoms with van der Waals surface area (Å²) in [4.78, 5) is 3.20. The molecule has 0 aliphatic carbocycles. The Morgan fingerprint density at radius 1 is 1.31 bits per heavy atom. The van der Waals surface area contributed by atoms with Crippen molar-refractivity contribution in [1.29, 1.82) is 0 Å². The number of nitrogens with zero attached hydrogens (tertiary/aromatic N) is 1. The summed E-state index contributed by atoms with van der Waals surface area (Å²) < 4.78 is 35.7. The molecule has 0 aliphatic rings. The summed E-state index contributed by atoms with van der Waals surface area (Å²) >= 11 is 2.81. The molecule has 0 saturated carbocycles. The Balaban J connectivity index is 0. The van der Waals surface area contributed by atoms with Crippen molar-refractivity contribution in [2.75, 3.05) is 0 Å². The van der Waals surface area contributed by atoms with Crippen molar-refractivity contribution < 1.29 is 37.1 Å². The minimum Gasteiger partial charge on any atom is -1.00 e. The maximum atomic E-state index is 11.9. The molecule has 68 valence electrons. The molecule has 0 N–H and O–H groups in total. The van der Waals surface area contributed by atoms with Gasteiger partial charge in [0.1, 0.15) is 0 Å². The quantitative estimate of drug-likeness (QED) is 0.252. The first-order valence-electron chi connectivity index (χ1n) is 2.61. The Labute approximate surface area is 115 Å². The van der Waals surface area contributed by atoms with Crippen molar-refractivity contribution in [3.8, 4) is 0 Å². The first kappa shape index (κ1) is 16.3. The van der Waals surface area contributed by atoms with Gasteiger partial charge in [-0.15, -0.1) is 28.1 Å². The van der Waals surface area contributed by atoms with Gasteiger partial charge in [-0.1, -0.05) is 0 Å². The number of pyridine rings is 1. The van der Waals surface area contributed by atoms with E-state index < -0.39 is 11.9 Å². The normalized spacial score (nSPS) is 9.85. The number of hydrogen-bond acceptors (Lipinski definition) is 1. The van der Waals surface area contributed by atoms with Crippen molar-refractivity contribution in [3.05, 3.63) is 28.5 Å². The van der Waals surface area contributed by atoms with Crippen molar-refractivity contribution in [3.63, 3.8) is 0 Å². The smallest absolute Gasteiger partial charge is 1.00 e. The molecular formula is C6H2BrF3IMgN. The first-order chi connectivity index (χ1) is 5.00. The number of alkyl halides is 3. The van der Waals surface area contributed by atoms with E-state index in [0.29, 0.717) is 0 Å². The maximum Gasteiger partial charge on any atom is 2.00 e. The maximum absolute atomic E-state index is 11.9. The van der Waals surface area contributed by atoms with Gasteiger partial charge in [0.05, 0.1) is 0 Å². The van der Waals surface area contributed by atoms with Gasteiger partial charge in [0.25, 0.3) is 0 Å². The topological polar surface area (TPSA) is 12.9 Å². The molecule has 0 aromatic carbocycles. The second-order valence-corrected chi connectivity index (χ2v) is 2.59. The summed E-state index contributed by atoms with van der Waals surface area (Å²) in [6.45, 7) is 0. The molecule has 0 spiro atoms. The standard InChI is InChI=1S/C6H2BrF3N.HI.Mg/c7-5-3-1-2-4(11-5)6(8,9)10;;/h2-3H;1H;/q-1;;+2/p-1. The summed E-state index contributed by atoms with van der Waals surface area (Å²) in [6.07, 6.45) is -4.39. The molecule has 1 aromatic heterocycles. The van der Waals surface area contributed by atoms with E-state index >= 15 is 0 Å². The van der Waals surface area contributed by atoms with E-state index in [1.165, 1.54) is 6.07 Å². The minimum atomic E-state index is -4.39. The molecule has 0 amide bonds. The van der Waals surface area contributed by atoms with Crippen LogP contribution in [-0.2, 0) is 6.18 Å².